The SMILES string of the molecule is O=C(c1cc(Cc2ccccc2)ccc1O)N1CCN(c2ccc(Cl)cn2)CC1. The van der Waals surface area contributed by atoms with Crippen LogP contribution in [0, 0.1) is 0 Å². The highest BCUT2D eigenvalue weighted by molar-refractivity contribution is 6.30. The van der Waals surface area contributed by atoms with Gasteiger partial charge in [0.1, 0.15) is 11.6 Å². The Balaban J connectivity index is 1.44. The van der Waals surface area contributed by atoms with Crippen LogP contribution in [0.5, 0.6) is 5.75 Å². The molecular formula is C23H22ClN3O2. The molecular weight excluding hydrogens is 386 g/mol. The van der Waals surface area contributed by atoms with Crippen LogP contribution in [0.4, 0.5) is 5.82 Å². The van der Waals surface area contributed by atoms with Gasteiger partial charge in [-0.2, -0.15) is 0 Å². The number of hydrogen-bond donors (Lipinski definition) is 1. The highest BCUT2D eigenvalue weighted by Gasteiger charge is 2.24. The second kappa shape index (κ2) is 8.53. The molecule has 6 heteroatoms. The predicted octanol–water partition coefficient (Wildman–Crippen LogP) is 3.99. The van der Waals surface area contributed by atoms with E-state index < -0.39 is 0 Å². The molecule has 2 aromatic carbocycles. The summed E-state index contributed by atoms with van der Waals surface area (Å²) in [6.07, 6.45) is 2.35. The molecule has 0 aliphatic carbocycles. The van der Waals surface area contributed by atoms with Crippen molar-refractivity contribution in [3.8, 4) is 5.75 Å². The van der Waals surface area contributed by atoms with Gasteiger partial charge in [0.15, 0.2) is 0 Å². The first-order valence-electron chi connectivity index (χ1n) is 9.62. The van der Waals surface area contributed by atoms with Crippen molar-refractivity contribution < 1.29 is 9.90 Å². The zero-order valence-electron chi connectivity index (χ0n) is 16.0. The first-order valence-corrected chi connectivity index (χ1v) is 9.99. The smallest absolute Gasteiger partial charge is 0.257 e. The lowest BCUT2D eigenvalue weighted by atomic mass is 10.0. The Labute approximate surface area is 175 Å². The normalized spacial score (nSPS) is 14.1. The largest absolute Gasteiger partial charge is 0.507 e. The van der Waals surface area contributed by atoms with Crippen molar-refractivity contribution in [1.29, 1.82) is 0 Å². The van der Waals surface area contributed by atoms with Gasteiger partial charge in [0.2, 0.25) is 0 Å². The first kappa shape index (κ1) is 19.3. The molecule has 0 saturated carbocycles. The van der Waals surface area contributed by atoms with E-state index in [-0.39, 0.29) is 11.7 Å². The van der Waals surface area contributed by atoms with Gasteiger partial charge in [-0.05, 0) is 41.8 Å². The number of anilines is 1. The Morgan fingerprint density at radius 3 is 2.41 bits per heavy atom. The number of aromatic nitrogens is 1. The fourth-order valence-electron chi connectivity index (χ4n) is 3.56. The van der Waals surface area contributed by atoms with Gasteiger partial charge >= 0.3 is 0 Å². The van der Waals surface area contributed by atoms with Crippen LogP contribution in [-0.4, -0.2) is 47.1 Å². The third kappa shape index (κ3) is 4.51. The molecule has 3 aromatic rings. The van der Waals surface area contributed by atoms with Gasteiger partial charge in [0.05, 0.1) is 10.6 Å². The minimum Gasteiger partial charge on any atom is -0.507 e. The third-order valence-corrected chi connectivity index (χ3v) is 5.37. The van der Waals surface area contributed by atoms with Gasteiger partial charge in [-0.1, -0.05) is 48.0 Å². The zero-order valence-corrected chi connectivity index (χ0v) is 16.7. The second-order valence-corrected chi connectivity index (χ2v) is 7.56. The maximum atomic E-state index is 13.0. The molecule has 1 aliphatic rings. The number of benzene rings is 2. The molecule has 5 nitrogen and oxygen atoms in total. The number of hydrogen-bond acceptors (Lipinski definition) is 4. The third-order valence-electron chi connectivity index (χ3n) is 5.15. The summed E-state index contributed by atoms with van der Waals surface area (Å²) < 4.78 is 0. The van der Waals surface area contributed by atoms with E-state index >= 15 is 0 Å². The van der Waals surface area contributed by atoms with E-state index in [1.54, 1.807) is 23.2 Å². The van der Waals surface area contributed by atoms with E-state index in [2.05, 4.69) is 22.0 Å². The highest BCUT2D eigenvalue weighted by atomic mass is 35.5. The van der Waals surface area contributed by atoms with Crippen LogP contribution in [0.15, 0.2) is 66.9 Å². The Hall–Kier alpha value is -3.05. The zero-order chi connectivity index (χ0) is 20.2. The van der Waals surface area contributed by atoms with Crippen molar-refractivity contribution in [2.24, 2.45) is 0 Å². The summed E-state index contributed by atoms with van der Waals surface area (Å²) in [5, 5.41) is 10.9. The fourth-order valence-corrected chi connectivity index (χ4v) is 3.67. The number of amides is 1. The molecule has 0 bridgehead atoms. The Bertz CT molecular complexity index is 985. The number of halogens is 1. The van der Waals surface area contributed by atoms with E-state index in [1.165, 1.54) is 5.56 Å². The van der Waals surface area contributed by atoms with Crippen LogP contribution in [-0.2, 0) is 6.42 Å². The Kier molecular flexibility index (Phi) is 5.67. The molecule has 0 atom stereocenters. The lowest BCUT2D eigenvalue weighted by Gasteiger charge is -2.35. The fraction of sp³-hybridized carbons (Fsp3) is 0.217. The molecule has 0 spiro atoms. The monoisotopic (exact) mass is 407 g/mol. The Morgan fingerprint density at radius 2 is 1.72 bits per heavy atom. The molecule has 1 N–H and O–H groups in total. The second-order valence-electron chi connectivity index (χ2n) is 7.13. The summed E-state index contributed by atoms with van der Waals surface area (Å²) in [5.41, 5.74) is 2.53. The molecule has 0 radical (unpaired) electrons. The van der Waals surface area contributed by atoms with Crippen molar-refractivity contribution in [1.82, 2.24) is 9.88 Å². The lowest BCUT2D eigenvalue weighted by molar-refractivity contribution is 0.0743. The molecule has 1 amide bonds. The highest BCUT2D eigenvalue weighted by Crippen LogP contribution is 2.23. The standard InChI is InChI=1S/C23H22ClN3O2/c24-19-7-9-22(25-16-19)26-10-12-27(13-11-26)23(29)20-15-18(6-8-21(20)28)14-17-4-2-1-3-5-17/h1-9,15-16,28H,10-14H2. The number of phenolic OH excluding ortho intramolecular Hbond substituents is 1. The minimum atomic E-state index is -0.138. The Morgan fingerprint density at radius 1 is 0.966 bits per heavy atom. The van der Waals surface area contributed by atoms with Gasteiger partial charge < -0.3 is 14.9 Å². The number of nitrogens with zero attached hydrogens (tertiary/aromatic N) is 3. The molecule has 1 aliphatic heterocycles. The topological polar surface area (TPSA) is 56.7 Å². The van der Waals surface area contributed by atoms with Crippen molar-refractivity contribution >= 4 is 23.3 Å². The van der Waals surface area contributed by atoms with Gasteiger partial charge in [-0.25, -0.2) is 4.98 Å². The number of piperazine rings is 1. The van der Waals surface area contributed by atoms with Crippen LogP contribution in [0.2, 0.25) is 5.02 Å². The molecule has 0 unspecified atom stereocenters. The molecule has 1 saturated heterocycles. The molecule has 4 rings (SSSR count). The molecule has 1 aromatic heterocycles. The number of rotatable bonds is 4. The maximum absolute atomic E-state index is 13.0. The van der Waals surface area contributed by atoms with Crippen LogP contribution in [0.1, 0.15) is 21.5 Å². The summed E-state index contributed by atoms with van der Waals surface area (Å²) in [6, 6.07) is 19.1. The van der Waals surface area contributed by atoms with E-state index in [9.17, 15) is 9.90 Å². The van der Waals surface area contributed by atoms with E-state index in [0.29, 0.717) is 36.8 Å². The van der Waals surface area contributed by atoms with Crippen molar-refractivity contribution in [2.75, 3.05) is 31.1 Å². The summed E-state index contributed by atoms with van der Waals surface area (Å²) in [6.45, 7) is 2.52. The number of phenols is 1. The van der Waals surface area contributed by atoms with Gasteiger partial charge in [0, 0.05) is 32.4 Å². The van der Waals surface area contributed by atoms with Gasteiger partial charge in [-0.15, -0.1) is 0 Å². The predicted molar refractivity (Wildman–Crippen MR) is 115 cm³/mol. The molecule has 2 heterocycles. The summed E-state index contributed by atoms with van der Waals surface area (Å²) in [5.74, 6) is 0.740. The van der Waals surface area contributed by atoms with E-state index in [0.717, 1.165) is 17.8 Å². The number of carbonyl (C=O) groups excluding carboxylic acids is 1. The van der Waals surface area contributed by atoms with Crippen molar-refractivity contribution in [2.45, 2.75) is 6.42 Å². The summed E-state index contributed by atoms with van der Waals surface area (Å²) in [4.78, 5) is 21.3. The van der Waals surface area contributed by atoms with Gasteiger partial charge in [0.25, 0.3) is 5.91 Å². The average molecular weight is 408 g/mol. The lowest BCUT2D eigenvalue weighted by Crippen LogP contribution is -2.49. The van der Waals surface area contributed by atoms with Crippen LogP contribution in [0.25, 0.3) is 0 Å². The van der Waals surface area contributed by atoms with Crippen molar-refractivity contribution in [3.63, 3.8) is 0 Å². The maximum Gasteiger partial charge on any atom is 0.257 e. The summed E-state index contributed by atoms with van der Waals surface area (Å²) in [7, 11) is 0. The van der Waals surface area contributed by atoms with Crippen molar-refractivity contribution in [3.05, 3.63) is 88.6 Å². The van der Waals surface area contributed by atoms with Crippen LogP contribution < -0.4 is 4.90 Å². The molecule has 148 valence electrons. The van der Waals surface area contributed by atoms with Crippen LogP contribution >= 0.6 is 11.6 Å². The first-order chi connectivity index (χ1) is 14.1. The van der Waals surface area contributed by atoms with E-state index in [1.807, 2.05) is 36.4 Å². The molecule has 29 heavy (non-hydrogen) atoms. The van der Waals surface area contributed by atoms with Gasteiger partial charge in [-0.3, -0.25) is 4.79 Å². The summed E-state index contributed by atoms with van der Waals surface area (Å²) >= 11 is 5.90. The number of pyridine rings is 1. The van der Waals surface area contributed by atoms with Crippen LogP contribution in [0.3, 0.4) is 0 Å². The molecule has 1 fully saturated rings. The number of aromatic hydroxyl groups is 1. The number of carbonyl (C=O) groups is 1. The minimum absolute atomic E-state index is 0.0219. The van der Waals surface area contributed by atoms with E-state index in [4.69, 9.17) is 11.6 Å². The average Bonchev–Trinajstić information content (AvgIpc) is 2.76. The quantitative estimate of drug-likeness (QED) is 0.710.